The van der Waals surface area contributed by atoms with Gasteiger partial charge in [0, 0.05) is 31.0 Å². The number of nitrogens with zero attached hydrogens (tertiary/aromatic N) is 1. The van der Waals surface area contributed by atoms with Crippen LogP contribution < -0.4 is 0 Å². The van der Waals surface area contributed by atoms with Crippen molar-refractivity contribution in [1.29, 1.82) is 0 Å². The molecule has 2 N–H and O–H groups in total. The first-order chi connectivity index (χ1) is 14.4. The topological polar surface area (TPSA) is 70.0 Å². The zero-order chi connectivity index (χ0) is 21.7. The van der Waals surface area contributed by atoms with Crippen LogP contribution in [0.1, 0.15) is 91.4 Å². The van der Waals surface area contributed by atoms with E-state index >= 15 is 0 Å². The molecule has 1 amide bonds. The number of ether oxygens (including phenoxy) is 1. The van der Waals surface area contributed by atoms with Crippen LogP contribution in [-0.4, -0.2) is 52.6 Å². The van der Waals surface area contributed by atoms with Gasteiger partial charge in [-0.15, -0.1) is 0 Å². The average Bonchev–Trinajstić information content (AvgIpc) is 3.19. The van der Waals surface area contributed by atoms with Crippen molar-refractivity contribution in [2.45, 2.75) is 110 Å². The number of aliphatic hydroxyl groups excluding tert-OH is 1. The number of carbonyl (C=O) groups excluding carboxylic acids is 1. The molecule has 0 radical (unpaired) electrons. The van der Waals surface area contributed by atoms with Gasteiger partial charge in [-0.25, -0.2) is 0 Å². The minimum Gasteiger partial charge on any atom is -0.379 e. The van der Waals surface area contributed by atoms with Crippen molar-refractivity contribution in [1.82, 2.24) is 4.90 Å². The van der Waals surface area contributed by atoms with Gasteiger partial charge in [-0.05, 0) is 76.0 Å². The number of rotatable bonds is 8. The van der Waals surface area contributed by atoms with Crippen LogP contribution >= 0.6 is 0 Å². The van der Waals surface area contributed by atoms with E-state index in [1.807, 2.05) is 0 Å². The van der Waals surface area contributed by atoms with Crippen molar-refractivity contribution in [3.8, 4) is 0 Å². The molecule has 5 nitrogen and oxygen atoms in total. The Morgan fingerprint density at radius 2 is 1.67 bits per heavy atom. The van der Waals surface area contributed by atoms with E-state index in [1.165, 1.54) is 6.42 Å². The summed E-state index contributed by atoms with van der Waals surface area (Å²) in [6.07, 6.45) is 10.6. The van der Waals surface area contributed by atoms with Crippen molar-refractivity contribution in [3.05, 3.63) is 0 Å². The van der Waals surface area contributed by atoms with E-state index in [1.54, 1.807) is 0 Å². The van der Waals surface area contributed by atoms with E-state index < -0.39 is 6.29 Å². The lowest BCUT2D eigenvalue weighted by Crippen LogP contribution is -2.50. The third-order valence-electron chi connectivity index (χ3n) is 8.23. The van der Waals surface area contributed by atoms with E-state index in [0.717, 1.165) is 77.4 Å². The van der Waals surface area contributed by atoms with Crippen LogP contribution in [0.25, 0.3) is 0 Å². The summed E-state index contributed by atoms with van der Waals surface area (Å²) in [6, 6.07) is -0.0311. The molecule has 0 heterocycles. The smallest absolute Gasteiger partial charge is 0.225 e. The number of carbonyl (C=O) groups is 1. The lowest BCUT2D eigenvalue weighted by atomic mass is 9.84. The van der Waals surface area contributed by atoms with E-state index in [4.69, 9.17) is 4.74 Å². The zero-order valence-electron chi connectivity index (χ0n) is 19.5. The molecule has 3 atom stereocenters. The third kappa shape index (κ3) is 5.98. The molecule has 174 valence electrons. The minimum atomic E-state index is -1.34. The highest BCUT2D eigenvalue weighted by Gasteiger charge is 2.45. The Morgan fingerprint density at radius 3 is 2.23 bits per heavy atom. The fraction of sp³-hybridized carbons (Fsp3) is 0.960. The maximum atomic E-state index is 13.7. The molecule has 3 fully saturated rings. The lowest BCUT2D eigenvalue weighted by molar-refractivity contribution is -0.146. The summed E-state index contributed by atoms with van der Waals surface area (Å²) in [7, 11) is 0. The van der Waals surface area contributed by atoms with Crippen LogP contribution in [0.4, 0.5) is 0 Å². The van der Waals surface area contributed by atoms with Crippen LogP contribution in [0.2, 0.25) is 0 Å². The SMILES string of the molecule is CCOC1CCC(CN(C(=O)C2CCCCC2)C2CC(C(C)C)CC2C(O)O)CC1. The molecule has 0 spiro atoms. The lowest BCUT2D eigenvalue weighted by Gasteiger charge is -2.40. The van der Waals surface area contributed by atoms with Gasteiger partial charge in [0.05, 0.1) is 6.10 Å². The summed E-state index contributed by atoms with van der Waals surface area (Å²) in [4.78, 5) is 15.8. The highest BCUT2D eigenvalue weighted by Crippen LogP contribution is 2.42. The first-order valence-electron chi connectivity index (χ1n) is 12.7. The molecule has 30 heavy (non-hydrogen) atoms. The summed E-state index contributed by atoms with van der Waals surface area (Å²) >= 11 is 0. The Hall–Kier alpha value is -0.650. The van der Waals surface area contributed by atoms with Crippen molar-refractivity contribution >= 4 is 5.91 Å². The van der Waals surface area contributed by atoms with Crippen molar-refractivity contribution in [2.24, 2.45) is 29.6 Å². The van der Waals surface area contributed by atoms with Crippen molar-refractivity contribution in [2.75, 3.05) is 13.2 Å². The van der Waals surface area contributed by atoms with E-state index in [2.05, 4.69) is 25.7 Å². The predicted octanol–water partition coefficient (Wildman–Crippen LogP) is 4.35. The second-order valence-electron chi connectivity index (χ2n) is 10.5. The quantitative estimate of drug-likeness (QED) is 0.569. The van der Waals surface area contributed by atoms with Crippen LogP contribution in [0.15, 0.2) is 0 Å². The van der Waals surface area contributed by atoms with Crippen LogP contribution in [0.3, 0.4) is 0 Å². The van der Waals surface area contributed by atoms with Gasteiger partial charge in [0.1, 0.15) is 0 Å². The molecule has 0 aromatic heterocycles. The monoisotopic (exact) mass is 423 g/mol. The molecule has 0 aliphatic heterocycles. The van der Waals surface area contributed by atoms with E-state index in [9.17, 15) is 15.0 Å². The Morgan fingerprint density at radius 1 is 1.00 bits per heavy atom. The molecule has 0 aromatic rings. The standard InChI is InChI=1S/C25H45NO4/c1-4-30-21-12-10-18(11-13-21)16-26(24(27)19-8-6-5-7-9-19)23-15-20(17(2)3)14-22(23)25(28)29/h17-23,25,28-29H,4-16H2,1-3H3. The van der Waals surface area contributed by atoms with Gasteiger partial charge >= 0.3 is 0 Å². The normalized spacial score (nSPS) is 33.4. The van der Waals surface area contributed by atoms with E-state index in [0.29, 0.717) is 29.8 Å². The molecule has 3 aliphatic rings. The third-order valence-corrected chi connectivity index (χ3v) is 8.23. The van der Waals surface area contributed by atoms with Crippen LogP contribution in [0, 0.1) is 29.6 Å². The van der Waals surface area contributed by atoms with E-state index in [-0.39, 0.29) is 17.9 Å². The maximum Gasteiger partial charge on any atom is 0.225 e. The molecule has 0 bridgehead atoms. The highest BCUT2D eigenvalue weighted by atomic mass is 16.5. The zero-order valence-corrected chi connectivity index (χ0v) is 19.5. The fourth-order valence-corrected chi connectivity index (χ4v) is 6.28. The second-order valence-corrected chi connectivity index (χ2v) is 10.5. The van der Waals surface area contributed by atoms with Gasteiger partial charge < -0.3 is 19.8 Å². The van der Waals surface area contributed by atoms with Gasteiger partial charge in [-0.3, -0.25) is 4.79 Å². The number of amides is 1. The largest absolute Gasteiger partial charge is 0.379 e. The van der Waals surface area contributed by atoms with Crippen molar-refractivity contribution < 1.29 is 19.7 Å². The van der Waals surface area contributed by atoms with Gasteiger partial charge in [-0.1, -0.05) is 33.1 Å². The highest BCUT2D eigenvalue weighted by molar-refractivity contribution is 5.79. The molecule has 3 aliphatic carbocycles. The number of hydrogen-bond acceptors (Lipinski definition) is 4. The molecule has 3 saturated carbocycles. The minimum absolute atomic E-state index is 0.0311. The maximum absolute atomic E-state index is 13.7. The molecule has 0 saturated heterocycles. The molecule has 0 aromatic carbocycles. The Bertz CT molecular complexity index is 523. The van der Waals surface area contributed by atoms with Crippen LogP contribution in [-0.2, 0) is 9.53 Å². The summed E-state index contributed by atoms with van der Waals surface area (Å²) in [5.41, 5.74) is 0. The molecule has 5 heteroatoms. The first kappa shape index (κ1) is 24.0. The fourth-order valence-electron chi connectivity index (χ4n) is 6.28. The summed E-state index contributed by atoms with van der Waals surface area (Å²) in [6.45, 7) is 8.05. The summed E-state index contributed by atoms with van der Waals surface area (Å²) < 4.78 is 5.82. The first-order valence-corrected chi connectivity index (χ1v) is 12.7. The second kappa shape index (κ2) is 11.3. The van der Waals surface area contributed by atoms with Gasteiger partial charge in [-0.2, -0.15) is 0 Å². The molecule has 3 rings (SSSR count). The van der Waals surface area contributed by atoms with Gasteiger partial charge in [0.25, 0.3) is 0 Å². The molecular weight excluding hydrogens is 378 g/mol. The Labute approximate surface area is 183 Å². The Kier molecular flexibility index (Phi) is 9.03. The number of hydrogen-bond donors (Lipinski definition) is 2. The average molecular weight is 424 g/mol. The molecular formula is C25H45NO4. The summed E-state index contributed by atoms with van der Waals surface area (Å²) in [5, 5.41) is 20.3. The van der Waals surface area contributed by atoms with Crippen LogP contribution in [0.5, 0.6) is 0 Å². The molecule has 3 unspecified atom stereocenters. The summed E-state index contributed by atoms with van der Waals surface area (Å²) in [5.74, 6) is 1.67. The predicted molar refractivity (Wildman–Crippen MR) is 119 cm³/mol. The van der Waals surface area contributed by atoms with Gasteiger partial charge in [0.15, 0.2) is 6.29 Å². The number of aliphatic hydroxyl groups is 2. The van der Waals surface area contributed by atoms with Gasteiger partial charge in [0.2, 0.25) is 5.91 Å². The Balaban J connectivity index is 1.74. The van der Waals surface area contributed by atoms with Crippen molar-refractivity contribution in [3.63, 3.8) is 0 Å².